The molecule has 1 spiro atoms. The molecule has 8 nitrogen and oxygen atoms in total. The number of nitrogens with zero attached hydrogens (tertiary/aromatic N) is 3. The number of aromatic nitrogens is 3. The largest absolute Gasteiger partial charge is 0.436 e. The van der Waals surface area contributed by atoms with Crippen molar-refractivity contribution in [2.45, 2.75) is 43.9 Å². The first kappa shape index (κ1) is 26.0. The number of nitrogens with one attached hydrogen (secondary N) is 2. The second-order valence-corrected chi connectivity index (χ2v) is 9.64. The third-order valence-corrected chi connectivity index (χ3v) is 7.15. The number of amides is 2. The van der Waals surface area contributed by atoms with Gasteiger partial charge in [-0.1, -0.05) is 18.5 Å². The average molecular weight is 552 g/mol. The number of halogens is 5. The fourth-order valence-electron chi connectivity index (χ4n) is 5.15. The van der Waals surface area contributed by atoms with E-state index in [-0.39, 0.29) is 35.1 Å². The maximum absolute atomic E-state index is 15.1. The van der Waals surface area contributed by atoms with Gasteiger partial charge in [0.15, 0.2) is 17.2 Å². The number of ether oxygens (including phenoxy) is 1. The van der Waals surface area contributed by atoms with Crippen LogP contribution in [0.1, 0.15) is 65.2 Å². The highest BCUT2D eigenvalue weighted by atomic mass is 35.5. The van der Waals surface area contributed by atoms with E-state index < -0.39 is 41.2 Å². The molecular weight excluding hydrogens is 530 g/mol. The molecule has 2 aliphatic heterocycles. The van der Waals surface area contributed by atoms with Crippen molar-refractivity contribution >= 4 is 29.3 Å². The van der Waals surface area contributed by atoms with Crippen molar-refractivity contribution in [1.82, 2.24) is 19.9 Å². The zero-order chi connectivity index (χ0) is 27.2. The number of carbonyl (C=O) groups is 2. The molecule has 1 fully saturated rings. The minimum absolute atomic E-state index is 0.0346. The Morgan fingerprint density at radius 1 is 1.32 bits per heavy atom. The Hall–Kier alpha value is -3.67. The molecule has 38 heavy (non-hydrogen) atoms. The molecule has 4 heterocycles. The predicted octanol–water partition coefficient (Wildman–Crippen LogP) is 5.85. The molecule has 2 amide bonds. The third-order valence-electron chi connectivity index (χ3n) is 6.86. The number of piperidine rings is 1. The monoisotopic (exact) mass is 551 g/mol. The van der Waals surface area contributed by atoms with Gasteiger partial charge in [-0.05, 0) is 49.1 Å². The summed E-state index contributed by atoms with van der Waals surface area (Å²) < 4.78 is 60.2. The molecule has 1 saturated heterocycles. The number of rotatable bonds is 4. The van der Waals surface area contributed by atoms with Gasteiger partial charge in [0.1, 0.15) is 5.69 Å². The van der Waals surface area contributed by atoms with Crippen molar-refractivity contribution in [2.75, 3.05) is 18.4 Å². The van der Waals surface area contributed by atoms with E-state index in [0.29, 0.717) is 30.6 Å². The number of pyridine rings is 1. The van der Waals surface area contributed by atoms with Crippen molar-refractivity contribution in [1.29, 1.82) is 0 Å². The topological polar surface area (TPSA) is 100 Å². The summed E-state index contributed by atoms with van der Waals surface area (Å²) in [5, 5.41) is 2.33. The van der Waals surface area contributed by atoms with E-state index >= 15 is 4.39 Å². The zero-order valence-electron chi connectivity index (χ0n) is 20.0. The number of hydrogen-bond acceptors (Lipinski definition) is 5. The van der Waals surface area contributed by atoms with Gasteiger partial charge in [-0.2, -0.15) is 13.2 Å². The van der Waals surface area contributed by atoms with Crippen LogP contribution in [0.2, 0.25) is 5.02 Å². The molecule has 1 aromatic carbocycles. The van der Waals surface area contributed by atoms with Crippen LogP contribution in [0.4, 0.5) is 28.0 Å². The first-order chi connectivity index (χ1) is 18.0. The van der Waals surface area contributed by atoms with Gasteiger partial charge in [-0.3, -0.25) is 15.1 Å². The second kappa shape index (κ2) is 9.57. The highest BCUT2D eigenvalue weighted by Crippen LogP contribution is 2.45. The van der Waals surface area contributed by atoms with Crippen molar-refractivity contribution < 1.29 is 31.9 Å². The molecule has 200 valence electrons. The Balaban J connectivity index is 1.42. The fourth-order valence-corrected chi connectivity index (χ4v) is 5.31. The van der Waals surface area contributed by atoms with E-state index in [1.165, 1.54) is 29.3 Å². The van der Waals surface area contributed by atoms with Crippen LogP contribution < -0.4 is 5.32 Å². The normalized spacial score (nSPS) is 20.1. The van der Waals surface area contributed by atoms with Crippen LogP contribution in [0.5, 0.6) is 0 Å². The number of alkyl halides is 3. The molecule has 2 aromatic heterocycles. The predicted molar refractivity (Wildman–Crippen MR) is 128 cm³/mol. The summed E-state index contributed by atoms with van der Waals surface area (Å²) in [6, 6.07) is 5.27. The van der Waals surface area contributed by atoms with E-state index in [1.54, 1.807) is 6.92 Å². The Morgan fingerprint density at radius 3 is 2.84 bits per heavy atom. The maximum Gasteiger partial charge on any atom is 0.433 e. The first-order valence-electron chi connectivity index (χ1n) is 11.9. The molecule has 0 bridgehead atoms. The first-order valence-corrected chi connectivity index (χ1v) is 12.3. The lowest BCUT2D eigenvalue weighted by Gasteiger charge is -2.44. The van der Waals surface area contributed by atoms with Gasteiger partial charge < -0.3 is 14.6 Å². The number of likely N-dealkylation sites (tertiary alicyclic amines) is 1. The number of aromatic amines is 1. The van der Waals surface area contributed by atoms with Gasteiger partial charge in [0.2, 0.25) is 0 Å². The van der Waals surface area contributed by atoms with Crippen LogP contribution in [0, 0.1) is 5.82 Å². The lowest BCUT2D eigenvalue weighted by atomic mass is 9.83. The number of hydrogen-bond donors (Lipinski definition) is 2. The van der Waals surface area contributed by atoms with Crippen LogP contribution >= 0.6 is 11.6 Å². The van der Waals surface area contributed by atoms with Gasteiger partial charge in [-0.25, -0.2) is 14.2 Å². The third kappa shape index (κ3) is 4.57. The molecule has 2 atom stereocenters. The highest BCUT2D eigenvalue weighted by Gasteiger charge is 2.49. The van der Waals surface area contributed by atoms with Crippen LogP contribution in [0.3, 0.4) is 0 Å². The molecular formula is C25H22ClF4N5O3. The van der Waals surface area contributed by atoms with E-state index in [2.05, 4.69) is 20.3 Å². The zero-order valence-corrected chi connectivity index (χ0v) is 20.8. The van der Waals surface area contributed by atoms with Gasteiger partial charge >= 0.3 is 12.3 Å². The Bertz CT molecular complexity index is 1410. The summed E-state index contributed by atoms with van der Waals surface area (Å²) in [6.45, 7) is 1.97. The van der Waals surface area contributed by atoms with Crippen molar-refractivity contribution in [2.24, 2.45) is 0 Å². The van der Waals surface area contributed by atoms with Crippen LogP contribution in [0.25, 0.3) is 0 Å². The van der Waals surface area contributed by atoms with Crippen molar-refractivity contribution in [3.63, 3.8) is 0 Å². The number of H-pyrrole nitrogens is 1. The smallest absolute Gasteiger partial charge is 0.433 e. The number of fused-ring (bicyclic) bond motifs is 2. The van der Waals surface area contributed by atoms with E-state index in [4.69, 9.17) is 16.3 Å². The SMILES string of the molecule is CC[C@H](c1ccnc(C(F)(F)F)c1)c1c[nH]c(C(=O)N2CCC[C@@]3(C2)OC(=O)Nc2ccc(Cl)c(F)c23)n1. The standard InChI is InChI=1S/C25H22ClF4N5O3/c1-2-14(13-6-8-31-18(10-13)25(28,29)30)17-11-32-21(33-17)22(36)35-9-3-7-24(12-35)19-16(34-23(37)38-24)5-4-15(26)20(19)27/h4-6,8,10-11,14H,2-3,7,9,12H2,1H3,(H,32,33)(H,34,37)/t14-,24+/m1/s1. The number of imidazole rings is 1. The van der Waals surface area contributed by atoms with Crippen LogP contribution in [-0.2, 0) is 16.5 Å². The van der Waals surface area contributed by atoms with E-state index in [1.807, 2.05) is 0 Å². The molecule has 0 saturated carbocycles. The molecule has 3 aromatic rings. The number of anilines is 1. The van der Waals surface area contributed by atoms with Gasteiger partial charge in [-0.15, -0.1) is 0 Å². The Morgan fingerprint density at radius 2 is 2.11 bits per heavy atom. The minimum Gasteiger partial charge on any atom is -0.436 e. The lowest BCUT2D eigenvalue weighted by Crippen LogP contribution is -2.53. The van der Waals surface area contributed by atoms with Crippen molar-refractivity contribution in [3.8, 4) is 0 Å². The fraction of sp³-hybridized carbons (Fsp3) is 0.360. The van der Waals surface area contributed by atoms with Gasteiger partial charge in [0.05, 0.1) is 28.5 Å². The van der Waals surface area contributed by atoms with Crippen LogP contribution in [0.15, 0.2) is 36.7 Å². The molecule has 0 aliphatic carbocycles. The summed E-state index contributed by atoms with van der Waals surface area (Å²) in [5.41, 5.74) is -1.40. The number of carbonyl (C=O) groups excluding carboxylic acids is 2. The molecule has 5 rings (SSSR count). The minimum atomic E-state index is -4.59. The maximum atomic E-state index is 15.1. The summed E-state index contributed by atoms with van der Waals surface area (Å²) in [7, 11) is 0. The Labute approximate surface area is 219 Å². The molecule has 0 unspecified atom stereocenters. The van der Waals surface area contributed by atoms with E-state index in [0.717, 1.165) is 12.3 Å². The lowest BCUT2D eigenvalue weighted by molar-refractivity contribution is -0.141. The summed E-state index contributed by atoms with van der Waals surface area (Å²) >= 11 is 6.01. The van der Waals surface area contributed by atoms with Gasteiger partial charge in [0, 0.05) is 24.9 Å². The van der Waals surface area contributed by atoms with E-state index in [9.17, 15) is 22.8 Å². The number of benzene rings is 1. The quantitative estimate of drug-likeness (QED) is 0.396. The van der Waals surface area contributed by atoms with Crippen LogP contribution in [-0.4, -0.2) is 44.9 Å². The highest BCUT2D eigenvalue weighted by molar-refractivity contribution is 6.31. The molecule has 2 aliphatic rings. The molecule has 2 N–H and O–H groups in total. The summed E-state index contributed by atoms with van der Waals surface area (Å²) in [6.07, 6.45) is -1.68. The Kier molecular flexibility index (Phi) is 6.54. The molecule has 13 heteroatoms. The van der Waals surface area contributed by atoms with Gasteiger partial charge in [0.25, 0.3) is 5.91 Å². The second-order valence-electron chi connectivity index (χ2n) is 9.23. The summed E-state index contributed by atoms with van der Waals surface area (Å²) in [4.78, 5) is 37.7. The summed E-state index contributed by atoms with van der Waals surface area (Å²) in [5.74, 6) is -1.81. The van der Waals surface area contributed by atoms with Crippen molar-refractivity contribution in [3.05, 3.63) is 75.8 Å². The molecule has 0 radical (unpaired) electrons. The average Bonchev–Trinajstić information content (AvgIpc) is 3.35.